The zero-order valence-corrected chi connectivity index (χ0v) is 27.7. The first kappa shape index (κ1) is 32.1. The summed E-state index contributed by atoms with van der Waals surface area (Å²) in [5.41, 5.74) is 8.90. The predicted molar refractivity (Wildman–Crippen MR) is 185 cm³/mol. The lowest BCUT2D eigenvalue weighted by molar-refractivity contribution is -0.115. The van der Waals surface area contributed by atoms with E-state index in [1.807, 2.05) is 78.6 Å². The largest absolute Gasteiger partial charge is 0.349 e. The van der Waals surface area contributed by atoms with Gasteiger partial charge >= 0.3 is 0 Å². The van der Waals surface area contributed by atoms with Gasteiger partial charge in [0.25, 0.3) is 0 Å². The van der Waals surface area contributed by atoms with E-state index >= 15 is 0 Å². The number of nitrogens with zero attached hydrogens (tertiary/aromatic N) is 5. The molecule has 2 aliphatic heterocycles. The van der Waals surface area contributed by atoms with Gasteiger partial charge in [-0.2, -0.15) is 14.8 Å². The summed E-state index contributed by atoms with van der Waals surface area (Å²) in [7, 11) is 0. The Bertz CT molecular complexity index is 1690. The van der Waals surface area contributed by atoms with Crippen LogP contribution in [0.5, 0.6) is 0 Å². The number of hydrazone groups is 1. The molecule has 1 atom stereocenters. The highest BCUT2D eigenvalue weighted by atomic mass is 35.5. The van der Waals surface area contributed by atoms with Crippen LogP contribution in [0.3, 0.4) is 0 Å². The number of amides is 1. The van der Waals surface area contributed by atoms with Crippen molar-refractivity contribution >= 4 is 46.6 Å². The maximum Gasteiger partial charge on any atom is 0.238 e. The number of ether oxygens (including phenoxy) is 2. The second-order valence-electron chi connectivity index (χ2n) is 11.5. The monoisotopic (exact) mass is 659 g/mol. The minimum atomic E-state index is -0.327. The van der Waals surface area contributed by atoms with E-state index in [1.165, 1.54) is 5.56 Å². The van der Waals surface area contributed by atoms with Gasteiger partial charge in [0.2, 0.25) is 11.9 Å². The molecule has 2 fully saturated rings. The van der Waals surface area contributed by atoms with E-state index in [4.69, 9.17) is 31.2 Å². The number of carbonyl (C=O) groups excluding carboxylic acids is 1. The van der Waals surface area contributed by atoms with Crippen LogP contribution in [-0.4, -0.2) is 70.1 Å². The normalized spacial score (nSPS) is 17.3. The van der Waals surface area contributed by atoms with Crippen LogP contribution in [-0.2, 0) is 20.7 Å². The topological polar surface area (TPSA) is 106 Å². The molecule has 240 valence electrons. The van der Waals surface area contributed by atoms with Crippen LogP contribution in [0.15, 0.2) is 77.9 Å². The third-order valence-corrected chi connectivity index (χ3v) is 9.26. The SMILES string of the molecule is C/C(Cc1ccc(-c2nc(NCC3OCCO3)n(-c3ccccc3)n2)c(Cl)c1)=N/NCC1SCC(=O)N1c1ccccc1C(C)C. The number of nitrogens with one attached hydrogen (secondary N) is 2. The molecule has 0 spiro atoms. The zero-order chi connectivity index (χ0) is 32.0. The molecule has 12 heteroatoms. The van der Waals surface area contributed by atoms with Crippen molar-refractivity contribution in [3.05, 3.63) is 88.9 Å². The zero-order valence-electron chi connectivity index (χ0n) is 26.1. The number of rotatable bonds is 12. The number of aromatic nitrogens is 3. The van der Waals surface area contributed by atoms with Gasteiger partial charge in [-0.15, -0.1) is 16.9 Å². The number of para-hydroxylation sites is 2. The van der Waals surface area contributed by atoms with Gasteiger partial charge in [-0.1, -0.05) is 67.9 Å². The van der Waals surface area contributed by atoms with Crippen LogP contribution in [0, 0.1) is 0 Å². The van der Waals surface area contributed by atoms with E-state index in [2.05, 4.69) is 35.8 Å². The molecule has 4 aromatic rings. The smallest absolute Gasteiger partial charge is 0.238 e. The van der Waals surface area contributed by atoms with Crippen molar-refractivity contribution in [2.24, 2.45) is 5.10 Å². The molecular weight excluding hydrogens is 622 g/mol. The minimum absolute atomic E-state index is 0.0292. The highest BCUT2D eigenvalue weighted by Crippen LogP contribution is 2.35. The summed E-state index contributed by atoms with van der Waals surface area (Å²) in [6.07, 6.45) is 0.288. The highest BCUT2D eigenvalue weighted by molar-refractivity contribution is 8.01. The molecule has 0 bridgehead atoms. The van der Waals surface area contributed by atoms with E-state index in [0.717, 1.165) is 28.2 Å². The molecule has 10 nitrogen and oxygen atoms in total. The number of anilines is 2. The Kier molecular flexibility index (Phi) is 10.2. The van der Waals surface area contributed by atoms with Gasteiger partial charge in [0.1, 0.15) is 5.37 Å². The van der Waals surface area contributed by atoms with E-state index in [0.29, 0.717) is 61.2 Å². The van der Waals surface area contributed by atoms with Crippen molar-refractivity contribution in [3.63, 3.8) is 0 Å². The van der Waals surface area contributed by atoms with Crippen molar-refractivity contribution in [1.82, 2.24) is 20.2 Å². The molecule has 6 rings (SSSR count). The van der Waals surface area contributed by atoms with E-state index in [9.17, 15) is 4.79 Å². The Balaban J connectivity index is 1.12. The molecule has 0 radical (unpaired) electrons. The molecule has 3 aromatic carbocycles. The Hall–Kier alpha value is -3.90. The molecular formula is C34H38ClN7O3S. The van der Waals surface area contributed by atoms with Crippen molar-refractivity contribution in [2.45, 2.75) is 44.8 Å². The van der Waals surface area contributed by atoms with Crippen molar-refractivity contribution in [2.75, 3.05) is 42.3 Å². The molecule has 0 aliphatic carbocycles. The molecule has 1 amide bonds. The lowest BCUT2D eigenvalue weighted by Gasteiger charge is -2.27. The maximum atomic E-state index is 12.8. The Morgan fingerprint density at radius 1 is 1.07 bits per heavy atom. The summed E-state index contributed by atoms with van der Waals surface area (Å²) in [6.45, 7) is 8.44. The van der Waals surface area contributed by atoms with Gasteiger partial charge in [0, 0.05) is 23.4 Å². The number of carbonyl (C=O) groups is 1. The summed E-state index contributed by atoms with van der Waals surface area (Å²) in [5.74, 6) is 2.00. The first-order valence-electron chi connectivity index (χ1n) is 15.4. The van der Waals surface area contributed by atoms with Gasteiger partial charge in [-0.3, -0.25) is 9.69 Å². The fourth-order valence-corrected chi connectivity index (χ4v) is 6.87. The third-order valence-electron chi connectivity index (χ3n) is 7.77. The minimum Gasteiger partial charge on any atom is -0.349 e. The van der Waals surface area contributed by atoms with Crippen LogP contribution < -0.4 is 15.6 Å². The average molecular weight is 660 g/mol. The molecule has 2 aliphatic rings. The van der Waals surface area contributed by atoms with Gasteiger partial charge in [0.05, 0.1) is 42.8 Å². The Morgan fingerprint density at radius 2 is 1.83 bits per heavy atom. The lowest BCUT2D eigenvalue weighted by atomic mass is 10.0. The predicted octanol–water partition coefficient (Wildman–Crippen LogP) is 6.11. The van der Waals surface area contributed by atoms with E-state index in [-0.39, 0.29) is 17.6 Å². The van der Waals surface area contributed by atoms with Gasteiger partial charge < -0.3 is 20.2 Å². The summed E-state index contributed by atoms with van der Waals surface area (Å²) in [5, 5.41) is 13.2. The van der Waals surface area contributed by atoms with Crippen LogP contribution in [0.4, 0.5) is 11.6 Å². The number of benzene rings is 3. The number of hydrogen-bond acceptors (Lipinski definition) is 9. The number of thioether (sulfide) groups is 1. The third kappa shape index (κ3) is 7.39. The standard InChI is InChI=1S/C34H38ClN7O3S/c1-22(2)26-11-7-8-12-29(26)41-30(43)21-46-31(41)19-37-39-23(3)17-24-13-14-27(28(35)18-24)33-38-34(36-20-32-44-15-16-45-32)42(40-33)25-9-5-4-6-10-25/h4-14,18,22,31-32,37H,15-17,19-21H2,1-3H3,(H,36,38,40)/b39-23-. The average Bonchev–Trinajstić information content (AvgIpc) is 3.81. The number of hydrogen-bond donors (Lipinski definition) is 2. The summed E-state index contributed by atoms with van der Waals surface area (Å²) in [4.78, 5) is 19.5. The quantitative estimate of drug-likeness (QED) is 0.139. The lowest BCUT2D eigenvalue weighted by Crippen LogP contribution is -2.39. The Labute approximate surface area is 278 Å². The second kappa shape index (κ2) is 14.7. The molecule has 1 aromatic heterocycles. The van der Waals surface area contributed by atoms with Gasteiger partial charge in [-0.05, 0) is 54.3 Å². The van der Waals surface area contributed by atoms with Crippen molar-refractivity contribution < 1.29 is 14.3 Å². The van der Waals surface area contributed by atoms with Gasteiger partial charge in [0.15, 0.2) is 12.1 Å². The van der Waals surface area contributed by atoms with Crippen LogP contribution >= 0.6 is 23.4 Å². The fourth-order valence-electron chi connectivity index (χ4n) is 5.54. The molecule has 2 N–H and O–H groups in total. The molecule has 2 saturated heterocycles. The summed E-state index contributed by atoms with van der Waals surface area (Å²) < 4.78 is 12.9. The number of halogens is 1. The van der Waals surface area contributed by atoms with E-state index < -0.39 is 0 Å². The second-order valence-corrected chi connectivity index (χ2v) is 13.1. The molecule has 46 heavy (non-hydrogen) atoms. The Morgan fingerprint density at radius 3 is 2.59 bits per heavy atom. The highest BCUT2D eigenvalue weighted by Gasteiger charge is 2.34. The molecule has 1 unspecified atom stereocenters. The van der Waals surface area contributed by atoms with Crippen LogP contribution in [0.1, 0.15) is 37.8 Å². The van der Waals surface area contributed by atoms with E-state index in [1.54, 1.807) is 16.4 Å². The summed E-state index contributed by atoms with van der Waals surface area (Å²) >= 11 is 8.44. The first-order chi connectivity index (χ1) is 22.4. The fraction of sp³-hybridized carbons (Fsp3) is 0.353. The van der Waals surface area contributed by atoms with Crippen molar-refractivity contribution in [1.29, 1.82) is 0 Å². The van der Waals surface area contributed by atoms with Crippen molar-refractivity contribution in [3.8, 4) is 17.1 Å². The molecule has 0 saturated carbocycles. The molecule has 3 heterocycles. The van der Waals surface area contributed by atoms with Gasteiger partial charge in [-0.25, -0.2) is 0 Å². The summed E-state index contributed by atoms with van der Waals surface area (Å²) in [6, 6.07) is 23.9. The van der Waals surface area contributed by atoms with Crippen LogP contribution in [0.25, 0.3) is 17.1 Å². The maximum absolute atomic E-state index is 12.8. The van der Waals surface area contributed by atoms with Crippen LogP contribution in [0.2, 0.25) is 5.02 Å². The first-order valence-corrected chi connectivity index (χ1v) is 16.9.